The fraction of sp³-hybridized carbons (Fsp3) is 0.417. The smallest absolute Gasteiger partial charge is 0.242 e. The minimum atomic E-state index is -0.565. The van der Waals surface area contributed by atoms with Crippen molar-refractivity contribution in [3.05, 3.63) is 69.7 Å². The molecule has 1 N–H and O–H groups in total. The van der Waals surface area contributed by atoms with Crippen LogP contribution in [-0.2, 0) is 22.6 Å². The molecule has 1 atom stereocenters. The van der Waals surface area contributed by atoms with E-state index in [9.17, 15) is 9.59 Å². The van der Waals surface area contributed by atoms with E-state index in [2.05, 4.69) is 19.2 Å². The molecule has 0 saturated carbocycles. The topological polar surface area (TPSA) is 49.4 Å². The van der Waals surface area contributed by atoms with Gasteiger partial charge in [-0.3, -0.25) is 9.59 Å². The lowest BCUT2D eigenvalue weighted by molar-refractivity contribution is -0.140. The number of nitrogens with one attached hydrogen (secondary N) is 1. The normalized spacial score (nSPS) is 11.8. The van der Waals surface area contributed by atoms with Gasteiger partial charge in [0.1, 0.15) is 6.04 Å². The van der Waals surface area contributed by atoms with Crippen LogP contribution < -0.4 is 5.32 Å². The summed E-state index contributed by atoms with van der Waals surface area (Å²) in [6.07, 6.45) is 2.18. The highest BCUT2D eigenvalue weighted by Crippen LogP contribution is 2.17. The fourth-order valence-electron chi connectivity index (χ4n) is 3.14. The van der Waals surface area contributed by atoms with Crippen molar-refractivity contribution in [1.82, 2.24) is 10.2 Å². The highest BCUT2D eigenvalue weighted by atomic mass is 35.5. The van der Waals surface area contributed by atoms with E-state index in [-0.39, 0.29) is 18.2 Å². The van der Waals surface area contributed by atoms with E-state index in [4.69, 9.17) is 11.6 Å². The molecule has 0 spiro atoms. The van der Waals surface area contributed by atoms with Gasteiger partial charge in [-0.05, 0) is 61.6 Å². The Balaban J connectivity index is 2.20. The molecule has 2 aromatic carbocycles. The largest absolute Gasteiger partial charge is 0.354 e. The lowest BCUT2D eigenvalue weighted by Gasteiger charge is -2.29. The van der Waals surface area contributed by atoms with Crippen LogP contribution in [0, 0.1) is 13.8 Å². The van der Waals surface area contributed by atoms with Gasteiger partial charge in [0.2, 0.25) is 11.8 Å². The lowest BCUT2D eigenvalue weighted by atomic mass is 10.0. The molecule has 0 aliphatic heterocycles. The van der Waals surface area contributed by atoms with Crippen LogP contribution in [0.15, 0.2) is 42.5 Å². The summed E-state index contributed by atoms with van der Waals surface area (Å²) < 4.78 is 0. The van der Waals surface area contributed by atoms with Crippen molar-refractivity contribution < 1.29 is 9.59 Å². The average Bonchev–Trinajstić information content (AvgIpc) is 2.68. The fourth-order valence-corrected chi connectivity index (χ4v) is 3.35. The second-order valence-corrected chi connectivity index (χ2v) is 8.00. The number of rotatable bonds is 9. The van der Waals surface area contributed by atoms with Crippen molar-refractivity contribution in [3.8, 4) is 0 Å². The Bertz CT molecular complexity index is 851. The lowest BCUT2D eigenvalue weighted by Crippen LogP contribution is -2.48. The molecule has 0 saturated heterocycles. The van der Waals surface area contributed by atoms with Crippen molar-refractivity contribution in [2.45, 2.75) is 59.5 Å². The Hall–Kier alpha value is -2.33. The summed E-state index contributed by atoms with van der Waals surface area (Å²) in [5, 5.41) is 3.55. The number of unbranched alkanes of at least 4 members (excludes halogenated alkanes) is 1. The van der Waals surface area contributed by atoms with Crippen molar-refractivity contribution >= 4 is 23.4 Å². The average molecular weight is 415 g/mol. The number of hydrogen-bond donors (Lipinski definition) is 1. The zero-order chi connectivity index (χ0) is 21.4. The van der Waals surface area contributed by atoms with Crippen molar-refractivity contribution in [2.24, 2.45) is 0 Å². The van der Waals surface area contributed by atoms with E-state index in [0.717, 1.165) is 29.5 Å². The molecule has 0 bridgehead atoms. The third kappa shape index (κ3) is 6.90. The predicted molar refractivity (Wildman–Crippen MR) is 119 cm³/mol. The third-order valence-electron chi connectivity index (χ3n) is 5.17. The zero-order valence-corrected chi connectivity index (χ0v) is 18.6. The second-order valence-electron chi connectivity index (χ2n) is 7.57. The van der Waals surface area contributed by atoms with Gasteiger partial charge >= 0.3 is 0 Å². The van der Waals surface area contributed by atoms with E-state index in [1.54, 1.807) is 17.9 Å². The van der Waals surface area contributed by atoms with Crippen LogP contribution in [0.25, 0.3) is 0 Å². The first-order chi connectivity index (χ1) is 13.8. The molecule has 4 nitrogen and oxygen atoms in total. The van der Waals surface area contributed by atoms with Gasteiger partial charge in [-0.15, -0.1) is 0 Å². The van der Waals surface area contributed by atoms with Gasteiger partial charge in [-0.25, -0.2) is 0 Å². The molecule has 2 aromatic rings. The highest BCUT2D eigenvalue weighted by Gasteiger charge is 2.26. The molecule has 0 aliphatic carbocycles. The van der Waals surface area contributed by atoms with Crippen molar-refractivity contribution in [1.29, 1.82) is 0 Å². The minimum Gasteiger partial charge on any atom is -0.354 e. The van der Waals surface area contributed by atoms with Crippen LogP contribution in [0.1, 0.15) is 48.9 Å². The van der Waals surface area contributed by atoms with Crippen LogP contribution in [0.2, 0.25) is 5.02 Å². The monoisotopic (exact) mass is 414 g/mol. The molecule has 0 unspecified atom stereocenters. The summed E-state index contributed by atoms with van der Waals surface area (Å²) in [6.45, 7) is 8.91. The van der Waals surface area contributed by atoms with Crippen molar-refractivity contribution in [2.75, 3.05) is 6.54 Å². The van der Waals surface area contributed by atoms with E-state index >= 15 is 0 Å². The number of benzene rings is 2. The van der Waals surface area contributed by atoms with Gasteiger partial charge in [0.25, 0.3) is 0 Å². The molecule has 0 heterocycles. The number of carbonyl (C=O) groups excluding carboxylic acids is 2. The van der Waals surface area contributed by atoms with Crippen LogP contribution in [0.5, 0.6) is 0 Å². The van der Waals surface area contributed by atoms with E-state index in [1.165, 1.54) is 5.56 Å². The van der Waals surface area contributed by atoms with Crippen LogP contribution in [0.3, 0.4) is 0 Å². The summed E-state index contributed by atoms with van der Waals surface area (Å²) >= 11 is 6.11. The number of amides is 2. The van der Waals surface area contributed by atoms with Gasteiger partial charge in [0, 0.05) is 18.1 Å². The van der Waals surface area contributed by atoms with Gasteiger partial charge < -0.3 is 10.2 Å². The quantitative estimate of drug-likeness (QED) is 0.597. The number of hydrogen-bond acceptors (Lipinski definition) is 2. The Kier molecular flexibility index (Phi) is 8.71. The van der Waals surface area contributed by atoms with Gasteiger partial charge in [0.15, 0.2) is 0 Å². The van der Waals surface area contributed by atoms with Gasteiger partial charge in [-0.2, -0.15) is 0 Å². The first-order valence-electron chi connectivity index (χ1n) is 10.2. The number of halogens is 1. The summed E-state index contributed by atoms with van der Waals surface area (Å²) in [7, 11) is 0. The minimum absolute atomic E-state index is 0.0774. The molecule has 156 valence electrons. The standard InChI is InChI=1S/C24H31ClN2O2/c1-5-6-12-26-24(29)19(4)27(16-21-8-7-9-22(25)14-21)23(28)15-20-11-10-17(2)18(3)13-20/h7-11,13-14,19H,5-6,12,15-16H2,1-4H3,(H,26,29)/t19-/m0/s1. The molecule has 5 heteroatoms. The molecule has 29 heavy (non-hydrogen) atoms. The summed E-state index contributed by atoms with van der Waals surface area (Å²) in [6, 6.07) is 12.9. The molecule has 0 aliphatic rings. The molecule has 2 amide bonds. The number of aryl methyl sites for hydroxylation is 2. The molecule has 0 radical (unpaired) electrons. The zero-order valence-electron chi connectivity index (χ0n) is 17.8. The highest BCUT2D eigenvalue weighted by molar-refractivity contribution is 6.30. The molecular weight excluding hydrogens is 384 g/mol. The maximum absolute atomic E-state index is 13.2. The van der Waals surface area contributed by atoms with Gasteiger partial charge in [0.05, 0.1) is 6.42 Å². The Labute approximate surface area is 179 Å². The molecule has 2 rings (SSSR count). The Morgan fingerprint density at radius 1 is 1.07 bits per heavy atom. The number of carbonyl (C=O) groups is 2. The maximum atomic E-state index is 13.2. The van der Waals surface area contributed by atoms with E-state index in [0.29, 0.717) is 18.1 Å². The first-order valence-corrected chi connectivity index (χ1v) is 10.6. The summed E-state index contributed by atoms with van der Waals surface area (Å²) in [5.74, 6) is -0.208. The second kappa shape index (κ2) is 11.0. The maximum Gasteiger partial charge on any atom is 0.242 e. The van der Waals surface area contributed by atoms with E-state index in [1.807, 2.05) is 43.3 Å². The Morgan fingerprint density at radius 2 is 1.83 bits per heavy atom. The van der Waals surface area contributed by atoms with Crippen molar-refractivity contribution in [3.63, 3.8) is 0 Å². The summed E-state index contributed by atoms with van der Waals surface area (Å²) in [5.41, 5.74) is 4.20. The molecular formula is C24H31ClN2O2. The van der Waals surface area contributed by atoms with Gasteiger partial charge in [-0.1, -0.05) is 55.3 Å². The summed E-state index contributed by atoms with van der Waals surface area (Å²) in [4.78, 5) is 27.5. The number of nitrogens with zero attached hydrogens (tertiary/aromatic N) is 1. The predicted octanol–water partition coefficient (Wildman–Crippen LogP) is 4.83. The SMILES string of the molecule is CCCCNC(=O)[C@H](C)N(Cc1cccc(Cl)c1)C(=O)Cc1ccc(C)c(C)c1. The van der Waals surface area contributed by atoms with Crippen LogP contribution in [-0.4, -0.2) is 29.3 Å². The molecule has 0 aromatic heterocycles. The van der Waals surface area contributed by atoms with Crippen LogP contribution in [0.4, 0.5) is 0 Å². The third-order valence-corrected chi connectivity index (χ3v) is 5.40. The molecule has 0 fully saturated rings. The first kappa shape index (κ1) is 23.0. The van der Waals surface area contributed by atoms with E-state index < -0.39 is 6.04 Å². The Morgan fingerprint density at radius 3 is 2.48 bits per heavy atom. The van der Waals surface area contributed by atoms with Crippen LogP contribution >= 0.6 is 11.6 Å².